The Balaban J connectivity index is 1.48. The molecule has 0 saturated heterocycles. The van der Waals surface area contributed by atoms with Gasteiger partial charge in [-0.1, -0.05) is 12.1 Å². The maximum atomic E-state index is 4.42. The van der Waals surface area contributed by atoms with Gasteiger partial charge in [-0.05, 0) is 59.3 Å². The van der Waals surface area contributed by atoms with E-state index in [0.717, 1.165) is 23.3 Å². The summed E-state index contributed by atoms with van der Waals surface area (Å²) >= 11 is 3.44. The van der Waals surface area contributed by atoms with Crippen LogP contribution >= 0.6 is 23.3 Å². The zero-order valence-electron chi connectivity index (χ0n) is 14.8. The van der Waals surface area contributed by atoms with Crippen molar-refractivity contribution >= 4 is 45.2 Å². The third kappa shape index (κ3) is 3.16. The van der Waals surface area contributed by atoms with Gasteiger partial charge >= 0.3 is 0 Å². The molecule has 4 heterocycles. The maximum absolute atomic E-state index is 4.42. The number of rotatable bonds is 5. The Hall–Kier alpha value is -2.54. The highest BCUT2D eigenvalue weighted by molar-refractivity contribution is 7.99. The van der Waals surface area contributed by atoms with Gasteiger partial charge in [-0.3, -0.25) is 4.72 Å². The van der Waals surface area contributed by atoms with Gasteiger partial charge in [0.1, 0.15) is 5.65 Å². The normalized spacial score (nSPS) is 11.6. The van der Waals surface area contributed by atoms with Crippen molar-refractivity contribution in [3.8, 4) is 11.3 Å². The van der Waals surface area contributed by atoms with Crippen molar-refractivity contribution < 1.29 is 0 Å². The van der Waals surface area contributed by atoms with Gasteiger partial charge < -0.3 is 9.55 Å². The first-order chi connectivity index (χ1) is 13.3. The number of benzene rings is 1. The molecule has 1 aromatic carbocycles. The topological polar surface area (TPSA) is 45.6 Å². The molecule has 0 atom stereocenters. The fraction of sp³-hybridized carbons (Fsp3) is 0.0952. The first kappa shape index (κ1) is 16.6. The van der Waals surface area contributed by atoms with Crippen LogP contribution in [0.25, 0.3) is 33.2 Å². The lowest BCUT2D eigenvalue weighted by Gasteiger charge is -2.04. The molecule has 0 bridgehead atoms. The first-order valence-electron chi connectivity index (χ1n) is 8.73. The largest absolute Gasteiger partial charge is 0.350 e. The van der Waals surface area contributed by atoms with Crippen LogP contribution in [0.5, 0.6) is 0 Å². The highest BCUT2D eigenvalue weighted by atomic mass is 32.2. The summed E-state index contributed by atoms with van der Waals surface area (Å²) in [4.78, 5) is 7.88. The van der Waals surface area contributed by atoms with Crippen LogP contribution in [0, 0.1) is 0 Å². The number of nitrogens with zero attached hydrogens (tertiary/aromatic N) is 2. The standard InChI is InChI=1S/C21H18N4S2/c1-25-13-17(18-11-15-4-2-8-22-21(15)24-18)16-10-14(6-7-19(16)25)12-23-27-20-5-3-9-26-20/h2-11,13,23H,12H2,1H3,(H,22,24). The molecule has 0 unspecified atom stereocenters. The predicted octanol–water partition coefficient (Wildman–Crippen LogP) is 5.58. The Morgan fingerprint density at radius 3 is 3.00 bits per heavy atom. The second kappa shape index (κ2) is 6.88. The zero-order valence-corrected chi connectivity index (χ0v) is 16.4. The smallest absolute Gasteiger partial charge is 0.137 e. The summed E-state index contributed by atoms with van der Waals surface area (Å²) in [6.07, 6.45) is 4.01. The monoisotopic (exact) mass is 390 g/mol. The van der Waals surface area contributed by atoms with E-state index < -0.39 is 0 Å². The van der Waals surface area contributed by atoms with E-state index in [1.807, 2.05) is 12.3 Å². The predicted molar refractivity (Wildman–Crippen MR) is 115 cm³/mol. The second-order valence-corrected chi connectivity index (χ2v) is 8.62. The number of H-pyrrole nitrogens is 1. The maximum Gasteiger partial charge on any atom is 0.137 e. The van der Waals surface area contributed by atoms with Crippen LogP contribution in [0.2, 0.25) is 0 Å². The molecular weight excluding hydrogens is 372 g/mol. The summed E-state index contributed by atoms with van der Waals surface area (Å²) in [6.45, 7) is 0.821. The lowest BCUT2D eigenvalue weighted by atomic mass is 10.1. The zero-order chi connectivity index (χ0) is 18.2. The van der Waals surface area contributed by atoms with E-state index in [4.69, 9.17) is 0 Å². The summed E-state index contributed by atoms with van der Waals surface area (Å²) in [5.74, 6) is 0. The molecule has 0 fully saturated rings. The first-order valence-corrected chi connectivity index (χ1v) is 10.4. The molecule has 0 radical (unpaired) electrons. The van der Waals surface area contributed by atoms with Gasteiger partial charge in [0.05, 0.1) is 4.21 Å². The van der Waals surface area contributed by atoms with Gasteiger partial charge in [-0.15, -0.1) is 11.3 Å². The number of fused-ring (bicyclic) bond motifs is 2. The summed E-state index contributed by atoms with van der Waals surface area (Å²) in [6, 6.07) is 17.1. The van der Waals surface area contributed by atoms with Gasteiger partial charge in [0.2, 0.25) is 0 Å². The molecule has 0 amide bonds. The van der Waals surface area contributed by atoms with Crippen molar-refractivity contribution in [1.29, 1.82) is 0 Å². The Morgan fingerprint density at radius 2 is 2.15 bits per heavy atom. The van der Waals surface area contributed by atoms with Crippen LogP contribution in [0.4, 0.5) is 0 Å². The molecule has 0 saturated carbocycles. The van der Waals surface area contributed by atoms with E-state index >= 15 is 0 Å². The molecular formula is C21H18N4S2. The fourth-order valence-electron chi connectivity index (χ4n) is 3.38. The molecule has 5 rings (SSSR count). The van der Waals surface area contributed by atoms with Crippen LogP contribution < -0.4 is 4.72 Å². The van der Waals surface area contributed by atoms with Crippen LogP contribution in [-0.2, 0) is 13.6 Å². The van der Waals surface area contributed by atoms with Gasteiger partial charge in [0.25, 0.3) is 0 Å². The number of aromatic nitrogens is 3. The molecule has 6 heteroatoms. The van der Waals surface area contributed by atoms with Gasteiger partial charge in [-0.25, -0.2) is 4.98 Å². The van der Waals surface area contributed by atoms with Crippen LogP contribution in [0.15, 0.2) is 70.5 Å². The van der Waals surface area contributed by atoms with E-state index in [2.05, 4.69) is 80.3 Å². The number of hydrogen-bond acceptors (Lipinski definition) is 4. The Morgan fingerprint density at radius 1 is 1.19 bits per heavy atom. The minimum atomic E-state index is 0.821. The number of pyridine rings is 1. The number of thiophene rings is 1. The molecule has 4 aromatic heterocycles. The second-order valence-electron chi connectivity index (χ2n) is 6.48. The summed E-state index contributed by atoms with van der Waals surface area (Å²) in [5.41, 5.74) is 5.74. The summed E-state index contributed by atoms with van der Waals surface area (Å²) in [7, 11) is 2.09. The van der Waals surface area contributed by atoms with Crippen LogP contribution in [0.1, 0.15) is 5.56 Å². The van der Waals surface area contributed by atoms with E-state index in [-0.39, 0.29) is 0 Å². The summed E-state index contributed by atoms with van der Waals surface area (Å²) < 4.78 is 6.92. The molecule has 5 aromatic rings. The minimum Gasteiger partial charge on any atom is -0.350 e. The Bertz CT molecular complexity index is 1180. The van der Waals surface area contributed by atoms with Crippen molar-refractivity contribution in [3.63, 3.8) is 0 Å². The molecule has 2 N–H and O–H groups in total. The Labute approximate surface area is 165 Å². The molecule has 27 heavy (non-hydrogen) atoms. The van der Waals surface area contributed by atoms with Crippen molar-refractivity contribution in [3.05, 3.63) is 71.9 Å². The third-order valence-electron chi connectivity index (χ3n) is 4.68. The van der Waals surface area contributed by atoms with E-state index in [0.29, 0.717) is 0 Å². The van der Waals surface area contributed by atoms with E-state index in [9.17, 15) is 0 Å². The van der Waals surface area contributed by atoms with Gasteiger partial charge in [0, 0.05) is 53.5 Å². The molecule has 0 spiro atoms. The number of nitrogens with one attached hydrogen (secondary N) is 2. The average Bonchev–Trinajstić information content (AvgIpc) is 3.40. The van der Waals surface area contributed by atoms with Crippen molar-refractivity contribution in [2.75, 3.05) is 0 Å². The molecule has 4 nitrogen and oxygen atoms in total. The summed E-state index contributed by atoms with van der Waals surface area (Å²) in [5, 5.41) is 4.49. The van der Waals surface area contributed by atoms with E-state index in [1.165, 1.54) is 26.2 Å². The molecule has 0 aliphatic heterocycles. The van der Waals surface area contributed by atoms with Crippen molar-refractivity contribution in [1.82, 2.24) is 19.3 Å². The Kier molecular flexibility index (Phi) is 4.24. The van der Waals surface area contributed by atoms with Gasteiger partial charge in [0.15, 0.2) is 0 Å². The van der Waals surface area contributed by atoms with Crippen molar-refractivity contribution in [2.45, 2.75) is 10.8 Å². The lowest BCUT2D eigenvalue weighted by Crippen LogP contribution is -2.02. The highest BCUT2D eigenvalue weighted by Gasteiger charge is 2.12. The quantitative estimate of drug-likeness (QED) is 0.385. The number of aromatic amines is 1. The highest BCUT2D eigenvalue weighted by Crippen LogP contribution is 2.32. The van der Waals surface area contributed by atoms with Crippen molar-refractivity contribution in [2.24, 2.45) is 7.05 Å². The molecule has 0 aliphatic carbocycles. The number of aryl methyl sites for hydroxylation is 1. The molecule has 0 aliphatic rings. The van der Waals surface area contributed by atoms with Crippen LogP contribution in [-0.4, -0.2) is 14.5 Å². The van der Waals surface area contributed by atoms with Gasteiger partial charge in [-0.2, -0.15) is 0 Å². The minimum absolute atomic E-state index is 0.821. The third-order valence-corrected chi connectivity index (χ3v) is 6.51. The fourth-order valence-corrected chi connectivity index (χ4v) is 4.89. The lowest BCUT2D eigenvalue weighted by molar-refractivity contribution is 0.963. The molecule has 134 valence electrons. The van der Waals surface area contributed by atoms with Crippen LogP contribution in [0.3, 0.4) is 0 Å². The average molecular weight is 391 g/mol. The SMILES string of the molecule is Cn1cc(-c2cc3cccnc3[nH]2)c2cc(CNSc3cccs3)ccc21. The number of hydrogen-bond donors (Lipinski definition) is 2. The van der Waals surface area contributed by atoms with E-state index in [1.54, 1.807) is 23.3 Å².